The lowest BCUT2D eigenvalue weighted by Crippen LogP contribution is -2.36. The second-order valence-electron chi connectivity index (χ2n) is 8.37. The van der Waals surface area contributed by atoms with Gasteiger partial charge in [0.05, 0.1) is 18.8 Å². The van der Waals surface area contributed by atoms with Crippen molar-refractivity contribution < 1.29 is 14.1 Å². The topological polar surface area (TPSA) is 84.6 Å². The largest absolute Gasteiger partial charge is 0.379 e. The van der Waals surface area contributed by atoms with Crippen LogP contribution in [0.3, 0.4) is 0 Å². The molecule has 0 unspecified atom stereocenters. The van der Waals surface area contributed by atoms with Gasteiger partial charge in [-0.1, -0.05) is 27.3 Å². The van der Waals surface area contributed by atoms with Gasteiger partial charge in [0.15, 0.2) is 17.3 Å². The van der Waals surface area contributed by atoms with E-state index in [-0.39, 0.29) is 5.82 Å². The molecule has 33 heavy (non-hydrogen) atoms. The Morgan fingerprint density at radius 3 is 2.70 bits per heavy atom. The van der Waals surface area contributed by atoms with Crippen LogP contribution < -0.4 is 10.3 Å². The van der Waals surface area contributed by atoms with E-state index in [0.29, 0.717) is 28.6 Å². The smallest absolute Gasteiger partial charge is 0.310 e. The Labute approximate surface area is 195 Å². The normalized spacial score (nSPS) is 14.8. The lowest BCUT2D eigenvalue weighted by Gasteiger charge is -2.26. The van der Waals surface area contributed by atoms with Crippen molar-refractivity contribution in [3.63, 3.8) is 0 Å². The first-order chi connectivity index (χ1) is 16.0. The maximum atomic E-state index is 14.6. The summed E-state index contributed by atoms with van der Waals surface area (Å²) in [6.07, 6.45) is 0.383. The van der Waals surface area contributed by atoms with E-state index >= 15 is 0 Å². The van der Waals surface area contributed by atoms with Crippen LogP contribution in [0.5, 0.6) is 0 Å². The van der Waals surface area contributed by atoms with Gasteiger partial charge in [0.25, 0.3) is 0 Å². The lowest BCUT2D eigenvalue weighted by atomic mass is 10.1. The van der Waals surface area contributed by atoms with Gasteiger partial charge in [0.2, 0.25) is 0 Å². The molecule has 0 atom stereocenters. The van der Waals surface area contributed by atoms with Gasteiger partial charge >= 0.3 is 5.65 Å². The molecule has 1 saturated heterocycles. The number of hydrogen-bond donors (Lipinski definition) is 2. The predicted octanol–water partition coefficient (Wildman–Crippen LogP) is 3.45. The van der Waals surface area contributed by atoms with Crippen molar-refractivity contribution >= 4 is 28.9 Å². The van der Waals surface area contributed by atoms with Crippen molar-refractivity contribution in [1.29, 1.82) is 0 Å². The lowest BCUT2D eigenvalue weighted by molar-refractivity contribution is -0.354. The fourth-order valence-electron chi connectivity index (χ4n) is 4.14. The number of anilines is 2. The Kier molecular flexibility index (Phi) is 6.01. The van der Waals surface area contributed by atoms with Crippen LogP contribution in [0.1, 0.15) is 28.2 Å². The van der Waals surface area contributed by atoms with Gasteiger partial charge < -0.3 is 10.1 Å². The molecule has 4 aromatic rings. The number of fused-ring (bicyclic) bond motifs is 1. The summed E-state index contributed by atoms with van der Waals surface area (Å²) >= 11 is 5.94. The summed E-state index contributed by atoms with van der Waals surface area (Å²) in [6.45, 7) is 7.88. The Hall–Kier alpha value is -3.01. The van der Waals surface area contributed by atoms with Crippen LogP contribution in [0.25, 0.3) is 5.65 Å². The molecule has 10 heteroatoms. The van der Waals surface area contributed by atoms with Gasteiger partial charge in [-0.25, -0.2) is 9.37 Å². The molecule has 0 spiro atoms. The van der Waals surface area contributed by atoms with Crippen LogP contribution >= 0.6 is 11.6 Å². The third-order valence-electron chi connectivity index (χ3n) is 5.86. The molecule has 0 bridgehead atoms. The number of H-pyrrole nitrogens is 2. The van der Waals surface area contributed by atoms with Crippen molar-refractivity contribution in [2.45, 2.75) is 26.8 Å². The average Bonchev–Trinajstić information content (AvgIpc) is 3.33. The standard InChI is InChI=1S/C23H25ClFN7O/c1-14-9-21(29-28-14)27-22-11-17(13-31-5-7-33-8-6-31)23-26-15(2)20(32(23)30-22)10-16-3-4-18(24)12-19(16)25/h3-4,9,11-12H,5-8,10,13H2,1-2H3,(H2,27,28,29,30)/p+1. The van der Waals surface area contributed by atoms with Crippen molar-refractivity contribution in [1.82, 2.24) is 24.7 Å². The van der Waals surface area contributed by atoms with Crippen molar-refractivity contribution in [3.8, 4) is 0 Å². The fraction of sp³-hybridized carbons (Fsp3) is 0.348. The molecule has 1 aromatic carbocycles. The Morgan fingerprint density at radius 1 is 1.15 bits per heavy atom. The van der Waals surface area contributed by atoms with Crippen LogP contribution in [-0.2, 0) is 17.7 Å². The minimum atomic E-state index is -0.327. The molecule has 4 heterocycles. The summed E-state index contributed by atoms with van der Waals surface area (Å²) in [7, 11) is 0. The van der Waals surface area contributed by atoms with Crippen molar-refractivity contribution in [3.05, 3.63) is 69.4 Å². The number of aromatic nitrogens is 5. The van der Waals surface area contributed by atoms with E-state index in [0.717, 1.165) is 61.1 Å². The number of morpholine rings is 1. The molecule has 172 valence electrons. The van der Waals surface area contributed by atoms with Crippen LogP contribution in [0.4, 0.5) is 16.0 Å². The molecular formula is C23H26ClFN7O+. The molecule has 1 fully saturated rings. The van der Waals surface area contributed by atoms with Crippen molar-refractivity contribution in [2.24, 2.45) is 0 Å². The summed E-state index contributed by atoms with van der Waals surface area (Å²) in [4.78, 5) is 5.83. The molecular weight excluding hydrogens is 445 g/mol. The highest BCUT2D eigenvalue weighted by molar-refractivity contribution is 6.30. The summed E-state index contributed by atoms with van der Waals surface area (Å²) in [5, 5.41) is 15.7. The second-order valence-corrected chi connectivity index (χ2v) is 8.81. The SMILES string of the molecule is Cc1cc(Nc2cc(CN3CCOCC3)c3[nH+]c(C)c(Cc4ccc(Cl)cc4F)n3n2)n[nH]1. The van der Waals surface area contributed by atoms with Gasteiger partial charge in [0.1, 0.15) is 11.5 Å². The predicted molar refractivity (Wildman–Crippen MR) is 123 cm³/mol. The quantitative estimate of drug-likeness (QED) is 0.451. The van der Waals surface area contributed by atoms with E-state index < -0.39 is 0 Å². The number of aromatic amines is 2. The highest BCUT2D eigenvalue weighted by Crippen LogP contribution is 2.23. The first-order valence-electron chi connectivity index (χ1n) is 10.9. The molecule has 0 radical (unpaired) electrons. The van der Waals surface area contributed by atoms with Crippen LogP contribution in [0.15, 0.2) is 30.3 Å². The number of nitrogens with one attached hydrogen (secondary N) is 3. The van der Waals surface area contributed by atoms with E-state index in [9.17, 15) is 4.39 Å². The number of halogens is 2. The van der Waals surface area contributed by atoms with E-state index in [1.807, 2.05) is 30.5 Å². The second kappa shape index (κ2) is 9.09. The third kappa shape index (κ3) is 4.71. The van der Waals surface area contributed by atoms with Crippen molar-refractivity contribution in [2.75, 3.05) is 31.6 Å². The zero-order valence-corrected chi connectivity index (χ0v) is 19.3. The zero-order chi connectivity index (χ0) is 22.9. The first kappa shape index (κ1) is 21.8. The summed E-state index contributed by atoms with van der Waals surface area (Å²) < 4.78 is 21.9. The molecule has 0 aliphatic carbocycles. The van der Waals surface area contributed by atoms with E-state index in [4.69, 9.17) is 21.4 Å². The maximum Gasteiger partial charge on any atom is 0.310 e. The third-order valence-corrected chi connectivity index (χ3v) is 6.10. The molecule has 5 rings (SSSR count). The van der Waals surface area contributed by atoms with Crippen LogP contribution in [0, 0.1) is 19.7 Å². The summed E-state index contributed by atoms with van der Waals surface area (Å²) in [5.74, 6) is 1.03. The molecule has 3 aromatic heterocycles. The minimum Gasteiger partial charge on any atom is -0.379 e. The Balaban J connectivity index is 1.57. The number of nitrogens with zero attached hydrogens (tertiary/aromatic N) is 4. The highest BCUT2D eigenvalue weighted by atomic mass is 35.5. The number of benzene rings is 1. The number of ether oxygens (including phenoxy) is 1. The van der Waals surface area contributed by atoms with Gasteiger partial charge in [-0.15, -0.1) is 0 Å². The Morgan fingerprint density at radius 2 is 1.97 bits per heavy atom. The molecule has 1 aliphatic rings. The number of hydrogen-bond acceptors (Lipinski definition) is 5. The number of imidazole rings is 1. The molecule has 3 N–H and O–H groups in total. The van der Waals surface area contributed by atoms with Gasteiger partial charge in [-0.3, -0.25) is 10.00 Å². The average molecular weight is 471 g/mol. The number of rotatable bonds is 6. The fourth-order valence-corrected chi connectivity index (χ4v) is 4.30. The van der Waals surface area contributed by atoms with E-state index in [2.05, 4.69) is 25.4 Å². The minimum absolute atomic E-state index is 0.327. The highest BCUT2D eigenvalue weighted by Gasteiger charge is 2.25. The van der Waals surface area contributed by atoms with Gasteiger partial charge in [-0.05, 0) is 30.7 Å². The Bertz CT molecular complexity index is 1300. The molecule has 0 amide bonds. The van der Waals surface area contributed by atoms with Gasteiger partial charge in [-0.2, -0.15) is 5.10 Å². The van der Waals surface area contributed by atoms with Crippen LogP contribution in [-0.4, -0.2) is 51.0 Å². The van der Waals surface area contributed by atoms with Crippen LogP contribution in [0.2, 0.25) is 5.02 Å². The summed E-state index contributed by atoms with van der Waals surface area (Å²) in [5.41, 5.74) is 5.33. The monoisotopic (exact) mass is 470 g/mol. The van der Waals surface area contributed by atoms with E-state index in [1.165, 1.54) is 6.07 Å². The molecule has 0 saturated carbocycles. The first-order valence-corrected chi connectivity index (χ1v) is 11.3. The van der Waals surface area contributed by atoms with Gasteiger partial charge in [0, 0.05) is 49.8 Å². The summed E-state index contributed by atoms with van der Waals surface area (Å²) in [6, 6.07) is 8.73. The number of aryl methyl sites for hydroxylation is 2. The molecule has 1 aliphatic heterocycles. The molecule has 8 nitrogen and oxygen atoms in total. The van der Waals surface area contributed by atoms with E-state index in [1.54, 1.807) is 12.1 Å². The maximum absolute atomic E-state index is 14.6. The zero-order valence-electron chi connectivity index (χ0n) is 18.6.